The monoisotopic (exact) mass is 500 g/mol. The third kappa shape index (κ3) is 7.20. The van der Waals surface area contributed by atoms with Gasteiger partial charge >= 0.3 is 0 Å². The molecule has 1 unspecified atom stereocenters. The third-order valence-corrected chi connectivity index (χ3v) is 7.63. The smallest absolute Gasteiger partial charge is 0.171 e. The Bertz CT molecular complexity index is 1170. The zero-order valence-corrected chi connectivity index (χ0v) is 24.3. The number of rotatable bonds is 9. The van der Waals surface area contributed by atoms with Crippen LogP contribution in [-0.4, -0.2) is 5.11 Å². The summed E-state index contributed by atoms with van der Waals surface area (Å²) in [6.07, 6.45) is 3.68. The zero-order chi connectivity index (χ0) is 26.4. The molecule has 0 spiro atoms. The molecular weight excluding hydrogens is 456 g/mol. The van der Waals surface area contributed by atoms with Crippen LogP contribution in [0.2, 0.25) is 0 Å². The van der Waals surface area contributed by atoms with Gasteiger partial charge in [-0.05, 0) is 122 Å². The van der Waals surface area contributed by atoms with Crippen LogP contribution < -0.4 is 10.6 Å². The van der Waals surface area contributed by atoms with E-state index < -0.39 is 0 Å². The summed E-state index contributed by atoms with van der Waals surface area (Å²) in [4.78, 5) is 0. The van der Waals surface area contributed by atoms with E-state index in [2.05, 4.69) is 115 Å². The highest BCUT2D eigenvalue weighted by Crippen LogP contribution is 2.32. The van der Waals surface area contributed by atoms with Crippen LogP contribution in [0.15, 0.2) is 48.5 Å². The quantitative estimate of drug-likeness (QED) is 0.287. The Balaban J connectivity index is 1.63. The number of hydrogen-bond donors (Lipinski definition) is 2. The lowest BCUT2D eigenvalue weighted by molar-refractivity contribution is 0.354. The molecule has 0 aromatic heterocycles. The molecule has 192 valence electrons. The average Bonchev–Trinajstić information content (AvgIpc) is 2.80. The Morgan fingerprint density at radius 2 is 1.47 bits per heavy atom. The van der Waals surface area contributed by atoms with Crippen LogP contribution in [0.1, 0.15) is 72.6 Å². The average molecular weight is 501 g/mol. The summed E-state index contributed by atoms with van der Waals surface area (Å²) in [6.45, 7) is 18.6. The van der Waals surface area contributed by atoms with Crippen LogP contribution in [0.5, 0.6) is 0 Å². The molecule has 0 saturated carbocycles. The number of anilines is 1. The van der Waals surface area contributed by atoms with Gasteiger partial charge in [0.25, 0.3) is 0 Å². The first-order valence-corrected chi connectivity index (χ1v) is 13.8. The van der Waals surface area contributed by atoms with Gasteiger partial charge in [0.2, 0.25) is 0 Å². The topological polar surface area (TPSA) is 24.1 Å². The number of nitrogens with one attached hydrogen (secondary N) is 2. The number of benzene rings is 3. The fourth-order valence-corrected chi connectivity index (χ4v) is 5.55. The molecule has 3 aromatic carbocycles. The van der Waals surface area contributed by atoms with Gasteiger partial charge in [0.05, 0.1) is 0 Å². The summed E-state index contributed by atoms with van der Waals surface area (Å²) in [5.41, 5.74) is 12.9. The summed E-state index contributed by atoms with van der Waals surface area (Å²) < 4.78 is 0. The van der Waals surface area contributed by atoms with E-state index in [1.165, 1.54) is 62.9 Å². The molecule has 0 heterocycles. The molecule has 0 aliphatic rings. The van der Waals surface area contributed by atoms with Crippen molar-refractivity contribution in [3.8, 4) is 11.1 Å². The van der Waals surface area contributed by atoms with Crippen molar-refractivity contribution < 1.29 is 0 Å². The van der Waals surface area contributed by atoms with Gasteiger partial charge < -0.3 is 10.6 Å². The summed E-state index contributed by atoms with van der Waals surface area (Å²) >= 11 is 5.61. The molecule has 0 fully saturated rings. The molecule has 0 aliphatic heterocycles. The maximum atomic E-state index is 5.61. The minimum Gasteiger partial charge on any atom is -0.358 e. The summed E-state index contributed by atoms with van der Waals surface area (Å²) in [7, 11) is 0. The van der Waals surface area contributed by atoms with Crippen LogP contribution in [0.25, 0.3) is 11.1 Å². The van der Waals surface area contributed by atoms with E-state index in [0.29, 0.717) is 17.6 Å². The number of hydrogen-bond acceptors (Lipinski definition) is 1. The molecule has 3 aromatic rings. The predicted octanol–water partition coefficient (Wildman–Crippen LogP) is 9.00. The minimum absolute atomic E-state index is 0.653. The molecule has 3 rings (SSSR count). The zero-order valence-electron chi connectivity index (χ0n) is 23.5. The van der Waals surface area contributed by atoms with Crippen molar-refractivity contribution in [3.63, 3.8) is 0 Å². The Kier molecular flexibility index (Phi) is 9.73. The standard InChI is InChI=1S/C33H44N2S/c1-9-10-28(21(2)3)19-27-11-13-30(14-12-27)35-33(36)34-20-29-17-24(6)31(18-23(29)5)32-25(7)15-22(4)16-26(32)8/h11-18,21,28H,9-10,19-20H2,1-8H3,(H2,34,35,36). The van der Waals surface area contributed by atoms with Gasteiger partial charge in [-0.15, -0.1) is 0 Å². The Labute approximate surface area is 224 Å². The summed E-state index contributed by atoms with van der Waals surface area (Å²) in [5, 5.41) is 7.41. The van der Waals surface area contributed by atoms with E-state index in [-0.39, 0.29) is 0 Å². The number of aryl methyl sites for hydroxylation is 5. The van der Waals surface area contributed by atoms with Crippen LogP contribution in [-0.2, 0) is 13.0 Å². The molecule has 1 atom stereocenters. The Hall–Kier alpha value is -2.65. The largest absolute Gasteiger partial charge is 0.358 e. The molecule has 0 radical (unpaired) electrons. The van der Waals surface area contributed by atoms with E-state index in [0.717, 1.165) is 18.0 Å². The van der Waals surface area contributed by atoms with Gasteiger partial charge in [0.1, 0.15) is 0 Å². The van der Waals surface area contributed by atoms with Crippen LogP contribution >= 0.6 is 12.2 Å². The molecule has 2 N–H and O–H groups in total. The molecule has 0 bridgehead atoms. The highest BCUT2D eigenvalue weighted by molar-refractivity contribution is 7.80. The van der Waals surface area contributed by atoms with Crippen molar-refractivity contribution >= 4 is 23.0 Å². The van der Waals surface area contributed by atoms with E-state index in [4.69, 9.17) is 12.2 Å². The van der Waals surface area contributed by atoms with E-state index >= 15 is 0 Å². The van der Waals surface area contributed by atoms with Crippen molar-refractivity contribution in [1.82, 2.24) is 5.32 Å². The minimum atomic E-state index is 0.653. The molecule has 0 aliphatic carbocycles. The SMILES string of the molecule is CCCC(Cc1ccc(NC(=S)NCc2cc(C)c(-c3c(C)cc(C)cc3C)cc2C)cc1)C(C)C. The maximum absolute atomic E-state index is 5.61. The maximum Gasteiger partial charge on any atom is 0.171 e. The fraction of sp³-hybridized carbons (Fsp3) is 0.424. The lowest BCUT2D eigenvalue weighted by atomic mass is 9.86. The van der Waals surface area contributed by atoms with Crippen LogP contribution in [0.3, 0.4) is 0 Å². The first-order valence-electron chi connectivity index (χ1n) is 13.4. The van der Waals surface area contributed by atoms with Gasteiger partial charge in [0.15, 0.2) is 5.11 Å². The predicted molar refractivity (Wildman–Crippen MR) is 162 cm³/mol. The fourth-order valence-electron chi connectivity index (χ4n) is 5.36. The highest BCUT2D eigenvalue weighted by Gasteiger charge is 2.14. The van der Waals surface area contributed by atoms with Crippen LogP contribution in [0.4, 0.5) is 5.69 Å². The highest BCUT2D eigenvalue weighted by atomic mass is 32.1. The first-order chi connectivity index (χ1) is 17.1. The van der Waals surface area contributed by atoms with Crippen LogP contribution in [0, 0.1) is 46.5 Å². The summed E-state index contributed by atoms with van der Waals surface area (Å²) in [5.74, 6) is 1.46. The van der Waals surface area contributed by atoms with Gasteiger partial charge in [-0.25, -0.2) is 0 Å². The van der Waals surface area contributed by atoms with Gasteiger partial charge in [0, 0.05) is 12.2 Å². The molecule has 0 saturated heterocycles. The number of thiocarbonyl (C=S) groups is 1. The van der Waals surface area contributed by atoms with Crippen molar-refractivity contribution in [2.75, 3.05) is 5.32 Å². The second kappa shape index (κ2) is 12.5. The lowest BCUT2D eigenvalue weighted by Gasteiger charge is -2.20. The van der Waals surface area contributed by atoms with E-state index in [9.17, 15) is 0 Å². The third-order valence-electron chi connectivity index (χ3n) is 7.38. The lowest BCUT2D eigenvalue weighted by Crippen LogP contribution is -2.28. The Morgan fingerprint density at radius 1 is 0.833 bits per heavy atom. The molecule has 0 amide bonds. The van der Waals surface area contributed by atoms with Crippen molar-refractivity contribution in [3.05, 3.63) is 87.5 Å². The molecular formula is C33H44N2S. The van der Waals surface area contributed by atoms with Crippen molar-refractivity contribution in [2.45, 2.75) is 81.2 Å². The molecule has 3 heteroatoms. The van der Waals surface area contributed by atoms with E-state index in [1.54, 1.807) is 0 Å². The second-order valence-electron chi connectivity index (χ2n) is 10.9. The van der Waals surface area contributed by atoms with Crippen molar-refractivity contribution in [1.29, 1.82) is 0 Å². The molecule has 36 heavy (non-hydrogen) atoms. The Morgan fingerprint density at radius 3 is 2.06 bits per heavy atom. The van der Waals surface area contributed by atoms with Gasteiger partial charge in [-0.3, -0.25) is 0 Å². The molecule has 2 nitrogen and oxygen atoms in total. The van der Waals surface area contributed by atoms with Crippen molar-refractivity contribution in [2.24, 2.45) is 11.8 Å². The van der Waals surface area contributed by atoms with E-state index in [1.807, 2.05) is 0 Å². The normalized spacial score (nSPS) is 12.0. The van der Waals surface area contributed by atoms with Gasteiger partial charge in [-0.1, -0.05) is 75.6 Å². The summed E-state index contributed by atoms with van der Waals surface area (Å²) in [6, 6.07) is 17.9. The van der Waals surface area contributed by atoms with Gasteiger partial charge in [-0.2, -0.15) is 0 Å². The second-order valence-corrected chi connectivity index (χ2v) is 11.3. The first kappa shape index (κ1) is 27.9.